The average Bonchev–Trinajstić information content (AvgIpc) is 2.59. The van der Waals surface area contributed by atoms with E-state index in [1.165, 1.54) is 16.7 Å². The molecular formula is C20H19B. The molecule has 3 rings (SSSR count). The lowest BCUT2D eigenvalue weighted by atomic mass is 9.45. The van der Waals surface area contributed by atoms with Crippen molar-refractivity contribution in [3.8, 4) is 0 Å². The highest BCUT2D eigenvalue weighted by Gasteiger charge is 2.34. The summed E-state index contributed by atoms with van der Waals surface area (Å²) in [5.41, 5.74) is 4.06. The maximum atomic E-state index is 2.27. The van der Waals surface area contributed by atoms with Crippen LogP contribution in [0.3, 0.4) is 0 Å². The second-order valence-corrected chi connectivity index (χ2v) is 5.36. The molecule has 0 spiro atoms. The van der Waals surface area contributed by atoms with Crippen LogP contribution in [0.4, 0.5) is 0 Å². The molecule has 0 aliphatic carbocycles. The largest absolute Gasteiger partial charge is 0.142 e. The Morgan fingerprint density at radius 1 is 0.524 bits per heavy atom. The smallest absolute Gasteiger partial charge is 0.0878 e. The summed E-state index contributed by atoms with van der Waals surface area (Å²) in [7, 11) is 1.03. The van der Waals surface area contributed by atoms with Crippen LogP contribution in [0.1, 0.15) is 16.7 Å². The highest BCUT2D eigenvalue weighted by Crippen LogP contribution is 2.37. The second kappa shape index (κ2) is 6.01. The van der Waals surface area contributed by atoms with E-state index in [2.05, 4.69) is 97.8 Å². The molecule has 21 heavy (non-hydrogen) atoms. The van der Waals surface area contributed by atoms with Gasteiger partial charge in [-0.2, -0.15) is 0 Å². The molecule has 0 bridgehead atoms. The van der Waals surface area contributed by atoms with Gasteiger partial charge in [-0.3, -0.25) is 0 Å². The molecule has 0 N–H and O–H groups in total. The molecule has 0 saturated carbocycles. The Bertz CT molecular complexity index is 578. The summed E-state index contributed by atoms with van der Waals surface area (Å²) in [5.74, 6) is 0. The van der Waals surface area contributed by atoms with Crippen molar-refractivity contribution in [2.45, 2.75) is 12.1 Å². The zero-order valence-corrected chi connectivity index (χ0v) is 12.4. The van der Waals surface area contributed by atoms with Gasteiger partial charge in [0.25, 0.3) is 0 Å². The maximum Gasteiger partial charge on any atom is 0.142 e. The minimum atomic E-state index is -0.0796. The molecule has 0 atom stereocenters. The molecule has 1 heteroatoms. The molecule has 0 radical (unpaired) electrons. The second-order valence-electron chi connectivity index (χ2n) is 5.36. The summed E-state index contributed by atoms with van der Waals surface area (Å²) < 4.78 is 0. The van der Waals surface area contributed by atoms with E-state index in [0.29, 0.717) is 0 Å². The Hall–Kier alpha value is -2.28. The third-order valence-corrected chi connectivity index (χ3v) is 4.33. The highest BCUT2D eigenvalue weighted by molar-refractivity contribution is 6.41. The molecule has 0 saturated heterocycles. The van der Waals surface area contributed by atoms with Gasteiger partial charge in [0.2, 0.25) is 0 Å². The van der Waals surface area contributed by atoms with Gasteiger partial charge in [-0.05, 0) is 16.7 Å². The van der Waals surface area contributed by atoms with Crippen molar-refractivity contribution >= 4 is 7.28 Å². The number of rotatable bonds is 4. The molecular weight excluding hydrogens is 251 g/mol. The first kappa shape index (κ1) is 13.7. The van der Waals surface area contributed by atoms with Crippen LogP contribution in [-0.2, 0) is 5.31 Å². The van der Waals surface area contributed by atoms with Crippen molar-refractivity contribution in [3.05, 3.63) is 108 Å². The minimum absolute atomic E-state index is 0.0796. The Morgan fingerprint density at radius 2 is 0.810 bits per heavy atom. The van der Waals surface area contributed by atoms with E-state index < -0.39 is 0 Å². The molecule has 0 nitrogen and oxygen atoms in total. The molecule has 0 aromatic heterocycles. The van der Waals surface area contributed by atoms with E-state index in [1.807, 2.05) is 0 Å². The number of hydrogen-bond donors (Lipinski definition) is 0. The molecule has 3 aromatic carbocycles. The Morgan fingerprint density at radius 3 is 1.05 bits per heavy atom. The molecule has 0 aliphatic rings. The molecule has 0 unspecified atom stereocenters. The monoisotopic (exact) mass is 270 g/mol. The van der Waals surface area contributed by atoms with Crippen molar-refractivity contribution in [2.75, 3.05) is 0 Å². The van der Waals surface area contributed by atoms with Gasteiger partial charge in [0.05, 0.1) is 0 Å². The van der Waals surface area contributed by atoms with E-state index >= 15 is 0 Å². The van der Waals surface area contributed by atoms with Gasteiger partial charge < -0.3 is 0 Å². The van der Waals surface area contributed by atoms with Crippen LogP contribution in [0.25, 0.3) is 0 Å². The van der Waals surface area contributed by atoms with E-state index in [4.69, 9.17) is 0 Å². The first-order valence-electron chi connectivity index (χ1n) is 7.54. The van der Waals surface area contributed by atoms with Crippen molar-refractivity contribution in [1.29, 1.82) is 0 Å². The lowest BCUT2D eigenvalue weighted by Gasteiger charge is -2.34. The minimum Gasteiger partial charge on any atom is -0.0878 e. The summed E-state index contributed by atoms with van der Waals surface area (Å²) in [6, 6.07) is 32.5. The zero-order chi connectivity index (χ0) is 14.5. The van der Waals surface area contributed by atoms with Gasteiger partial charge in [0, 0.05) is 5.31 Å². The summed E-state index contributed by atoms with van der Waals surface area (Å²) in [6.07, 6.45) is 0. The van der Waals surface area contributed by atoms with Gasteiger partial charge >= 0.3 is 0 Å². The predicted octanol–water partition coefficient (Wildman–Crippen LogP) is 4.46. The summed E-state index contributed by atoms with van der Waals surface area (Å²) in [4.78, 5) is 0. The third-order valence-electron chi connectivity index (χ3n) is 4.33. The lowest BCUT2D eigenvalue weighted by molar-refractivity contribution is 0.865. The maximum absolute atomic E-state index is 2.27. The fourth-order valence-electron chi connectivity index (χ4n) is 3.28. The van der Waals surface area contributed by atoms with Crippen molar-refractivity contribution in [2.24, 2.45) is 0 Å². The van der Waals surface area contributed by atoms with E-state index in [-0.39, 0.29) is 5.31 Å². The predicted molar refractivity (Wildman–Crippen MR) is 92.2 cm³/mol. The highest BCUT2D eigenvalue weighted by atomic mass is 14.3. The topological polar surface area (TPSA) is 0 Å². The average molecular weight is 270 g/mol. The number of hydrogen-bond acceptors (Lipinski definition) is 0. The SMILES string of the molecule is CBC(c1ccccc1)(c1ccccc1)c1ccccc1. The van der Waals surface area contributed by atoms with Gasteiger partial charge in [-0.1, -0.05) is 97.8 Å². The Labute approximate surface area is 127 Å². The van der Waals surface area contributed by atoms with E-state index in [1.54, 1.807) is 0 Å². The van der Waals surface area contributed by atoms with Crippen LogP contribution in [-0.4, -0.2) is 7.28 Å². The van der Waals surface area contributed by atoms with Gasteiger partial charge in [0.15, 0.2) is 0 Å². The van der Waals surface area contributed by atoms with Crippen LogP contribution in [0.2, 0.25) is 6.82 Å². The van der Waals surface area contributed by atoms with Gasteiger partial charge in [-0.15, -0.1) is 0 Å². The fraction of sp³-hybridized carbons (Fsp3) is 0.100. The molecule has 102 valence electrons. The van der Waals surface area contributed by atoms with Gasteiger partial charge in [0.1, 0.15) is 7.28 Å². The number of benzene rings is 3. The van der Waals surface area contributed by atoms with Crippen molar-refractivity contribution in [1.82, 2.24) is 0 Å². The lowest BCUT2D eigenvalue weighted by Crippen LogP contribution is -2.34. The van der Waals surface area contributed by atoms with Crippen LogP contribution in [0.5, 0.6) is 0 Å². The van der Waals surface area contributed by atoms with Crippen LogP contribution in [0.15, 0.2) is 91.0 Å². The van der Waals surface area contributed by atoms with Crippen molar-refractivity contribution < 1.29 is 0 Å². The van der Waals surface area contributed by atoms with Crippen LogP contribution >= 0.6 is 0 Å². The quantitative estimate of drug-likeness (QED) is 0.485. The van der Waals surface area contributed by atoms with Crippen LogP contribution < -0.4 is 0 Å². The Balaban J connectivity index is 2.29. The molecule has 0 heterocycles. The normalized spacial score (nSPS) is 11.1. The van der Waals surface area contributed by atoms with E-state index in [0.717, 1.165) is 7.28 Å². The summed E-state index contributed by atoms with van der Waals surface area (Å²) in [6.45, 7) is 2.27. The standard InChI is InChI=1S/C20H19B/c1-21-20(17-11-5-2-6-12-17,18-13-7-3-8-14-18)19-15-9-4-10-16-19/h2-16,21H,1H3. The molecule has 0 aliphatic heterocycles. The third kappa shape index (κ3) is 2.40. The molecule has 0 fully saturated rings. The zero-order valence-electron chi connectivity index (χ0n) is 12.4. The molecule has 3 aromatic rings. The first-order valence-corrected chi connectivity index (χ1v) is 7.54. The van der Waals surface area contributed by atoms with Gasteiger partial charge in [-0.25, -0.2) is 0 Å². The van der Waals surface area contributed by atoms with Crippen LogP contribution in [0, 0.1) is 0 Å². The Kier molecular flexibility index (Phi) is 3.92. The van der Waals surface area contributed by atoms with Crippen molar-refractivity contribution in [3.63, 3.8) is 0 Å². The summed E-state index contributed by atoms with van der Waals surface area (Å²) in [5, 5.41) is -0.0796. The summed E-state index contributed by atoms with van der Waals surface area (Å²) >= 11 is 0. The van der Waals surface area contributed by atoms with E-state index in [9.17, 15) is 0 Å². The first-order chi connectivity index (χ1) is 10.4. The molecule has 0 amide bonds. The fourth-order valence-corrected chi connectivity index (χ4v) is 3.28.